The largest absolute Gasteiger partial charge is 0.492 e. The van der Waals surface area contributed by atoms with Crippen LogP contribution in [0.3, 0.4) is 0 Å². The molecule has 0 unspecified atom stereocenters. The summed E-state index contributed by atoms with van der Waals surface area (Å²) in [5.41, 5.74) is -2.67. The number of hydrogen-bond acceptors (Lipinski definition) is 3. The van der Waals surface area contributed by atoms with Crippen LogP contribution in [0.2, 0.25) is 5.02 Å². The molecule has 0 spiro atoms. The van der Waals surface area contributed by atoms with Gasteiger partial charge in [-0.15, -0.1) is 0 Å². The maximum Gasteiger partial charge on any atom is 0.336 e. The number of H-pyrrole nitrogens is 1. The van der Waals surface area contributed by atoms with E-state index in [1.165, 1.54) is 0 Å². The normalized spacial score (nSPS) is 10.7. The highest BCUT2D eigenvalue weighted by molar-refractivity contribution is 9.10. The first kappa shape index (κ1) is 13.8. The summed E-state index contributed by atoms with van der Waals surface area (Å²) < 4.78 is 26.8. The number of halogens is 4. The predicted molar refractivity (Wildman–Crippen MR) is 67.0 cm³/mol. The summed E-state index contributed by atoms with van der Waals surface area (Å²) in [6, 6.07) is 1.84. The number of nitrogens with zero attached hydrogens (tertiary/aromatic N) is 1. The van der Waals surface area contributed by atoms with Gasteiger partial charge in [0.25, 0.3) is 5.56 Å². The van der Waals surface area contributed by atoms with Crippen LogP contribution < -0.4 is 11.2 Å². The minimum Gasteiger partial charge on any atom is -0.492 e. The first-order valence-electron chi connectivity index (χ1n) is 4.71. The van der Waals surface area contributed by atoms with Crippen LogP contribution in [-0.4, -0.2) is 14.7 Å². The lowest BCUT2D eigenvalue weighted by Gasteiger charge is -2.11. The maximum atomic E-state index is 13.3. The second kappa shape index (κ2) is 4.78. The van der Waals surface area contributed by atoms with E-state index in [1.54, 1.807) is 4.98 Å². The highest BCUT2D eigenvalue weighted by Crippen LogP contribution is 2.31. The second-order valence-corrected chi connectivity index (χ2v) is 4.71. The van der Waals surface area contributed by atoms with Crippen LogP contribution in [0.25, 0.3) is 5.69 Å². The number of aromatic amines is 1. The van der Waals surface area contributed by atoms with Crippen LogP contribution in [0.4, 0.5) is 8.78 Å². The fourth-order valence-corrected chi connectivity index (χ4v) is 2.47. The molecule has 2 aromatic rings. The molecule has 0 atom stereocenters. The summed E-state index contributed by atoms with van der Waals surface area (Å²) in [5, 5.41) is 9.27. The number of benzene rings is 1. The molecule has 0 radical (unpaired) electrons. The van der Waals surface area contributed by atoms with Crippen molar-refractivity contribution in [1.29, 1.82) is 0 Å². The zero-order valence-corrected chi connectivity index (χ0v) is 11.2. The molecule has 2 rings (SSSR count). The number of hydrogen-bond donors (Lipinski definition) is 2. The molecule has 5 nitrogen and oxygen atoms in total. The Labute approximate surface area is 117 Å². The minimum atomic E-state index is -1.55. The second-order valence-electron chi connectivity index (χ2n) is 3.45. The van der Waals surface area contributed by atoms with Crippen LogP contribution in [0, 0.1) is 11.6 Å². The number of rotatable bonds is 1. The minimum absolute atomic E-state index is 0.00125. The predicted octanol–water partition coefficient (Wildman–Crippen LogP) is 1.93. The Morgan fingerprint density at radius 1 is 1.32 bits per heavy atom. The Hall–Kier alpha value is -1.67. The van der Waals surface area contributed by atoms with Gasteiger partial charge < -0.3 is 5.11 Å². The molecule has 1 heterocycles. The number of aromatic hydroxyl groups is 1. The van der Waals surface area contributed by atoms with E-state index in [0.29, 0.717) is 4.57 Å². The van der Waals surface area contributed by atoms with Crippen LogP contribution in [0.1, 0.15) is 0 Å². The summed E-state index contributed by atoms with van der Waals surface area (Å²) in [5.74, 6) is -3.46. The zero-order chi connectivity index (χ0) is 14.3. The molecule has 0 amide bonds. The Morgan fingerprint density at radius 2 is 1.95 bits per heavy atom. The van der Waals surface area contributed by atoms with Crippen molar-refractivity contribution in [3.8, 4) is 11.6 Å². The molecule has 9 heteroatoms. The lowest BCUT2D eigenvalue weighted by atomic mass is 10.3. The highest BCUT2D eigenvalue weighted by Gasteiger charge is 2.19. The summed E-state index contributed by atoms with van der Waals surface area (Å²) >= 11 is 8.69. The SMILES string of the molecule is O=c1[nH]c(=O)n(-c2c(Cl)cc(F)cc2Br)c(O)c1F. The number of aromatic nitrogens is 2. The molecule has 0 fully saturated rings. The fourth-order valence-electron chi connectivity index (χ4n) is 1.46. The summed E-state index contributed by atoms with van der Waals surface area (Å²) in [4.78, 5) is 24.2. The Bertz CT molecular complexity index is 764. The molecule has 19 heavy (non-hydrogen) atoms. The van der Waals surface area contributed by atoms with Crippen LogP contribution >= 0.6 is 27.5 Å². The maximum absolute atomic E-state index is 13.3. The molecular weight excluding hydrogens is 349 g/mol. The Morgan fingerprint density at radius 3 is 2.53 bits per heavy atom. The quantitative estimate of drug-likeness (QED) is 0.822. The van der Waals surface area contributed by atoms with Gasteiger partial charge in [-0.05, 0) is 28.1 Å². The van der Waals surface area contributed by atoms with E-state index in [2.05, 4.69) is 15.9 Å². The van der Waals surface area contributed by atoms with Crippen molar-refractivity contribution in [1.82, 2.24) is 9.55 Å². The molecule has 0 bridgehead atoms. The van der Waals surface area contributed by atoms with Gasteiger partial charge in [-0.1, -0.05) is 11.6 Å². The monoisotopic (exact) mass is 352 g/mol. The fraction of sp³-hybridized carbons (Fsp3) is 0. The van der Waals surface area contributed by atoms with Crippen LogP contribution in [-0.2, 0) is 0 Å². The van der Waals surface area contributed by atoms with Gasteiger partial charge in [-0.25, -0.2) is 13.8 Å². The summed E-state index contributed by atoms with van der Waals surface area (Å²) in [6.07, 6.45) is 0. The zero-order valence-electron chi connectivity index (χ0n) is 8.88. The summed E-state index contributed by atoms with van der Waals surface area (Å²) in [6.45, 7) is 0. The molecular formula is C10H4BrClF2N2O3. The molecule has 0 saturated carbocycles. The van der Waals surface area contributed by atoms with E-state index in [4.69, 9.17) is 11.6 Å². The van der Waals surface area contributed by atoms with E-state index in [1.807, 2.05) is 0 Å². The Kier molecular flexibility index (Phi) is 3.46. The molecule has 0 aliphatic heterocycles. The smallest absolute Gasteiger partial charge is 0.336 e. The Balaban J connectivity index is 2.92. The van der Waals surface area contributed by atoms with Crippen molar-refractivity contribution in [2.45, 2.75) is 0 Å². The van der Waals surface area contributed by atoms with E-state index >= 15 is 0 Å². The van der Waals surface area contributed by atoms with Crippen LogP contribution in [0.15, 0.2) is 26.2 Å². The highest BCUT2D eigenvalue weighted by atomic mass is 79.9. The molecule has 2 N–H and O–H groups in total. The van der Waals surface area contributed by atoms with Crippen molar-refractivity contribution in [2.24, 2.45) is 0 Å². The first-order valence-corrected chi connectivity index (χ1v) is 5.88. The van der Waals surface area contributed by atoms with Gasteiger partial charge in [-0.3, -0.25) is 9.78 Å². The van der Waals surface area contributed by atoms with Crippen molar-refractivity contribution < 1.29 is 13.9 Å². The van der Waals surface area contributed by atoms with E-state index in [-0.39, 0.29) is 15.2 Å². The van der Waals surface area contributed by atoms with Crippen molar-refractivity contribution >= 4 is 27.5 Å². The van der Waals surface area contributed by atoms with Gasteiger partial charge in [0.05, 0.1) is 10.7 Å². The third-order valence-electron chi connectivity index (χ3n) is 2.24. The van der Waals surface area contributed by atoms with Gasteiger partial charge in [0, 0.05) is 4.47 Å². The molecule has 0 aliphatic carbocycles. The third-order valence-corrected chi connectivity index (χ3v) is 3.13. The standard InChI is InChI=1S/C10H4BrClF2N2O3/c11-4-1-3(13)2-5(12)7(4)16-9(18)6(14)8(17)15-10(16)19/h1-2,18H,(H,15,17,19). The lowest BCUT2D eigenvalue weighted by Crippen LogP contribution is -2.31. The number of nitrogens with one attached hydrogen (secondary N) is 1. The van der Waals surface area contributed by atoms with Gasteiger partial charge in [0.2, 0.25) is 11.7 Å². The average Bonchev–Trinajstić information content (AvgIpc) is 2.29. The molecule has 0 saturated heterocycles. The van der Waals surface area contributed by atoms with Crippen molar-refractivity contribution in [3.05, 3.63) is 54.1 Å². The van der Waals surface area contributed by atoms with Gasteiger partial charge in [-0.2, -0.15) is 4.39 Å². The first-order chi connectivity index (χ1) is 8.82. The average molecular weight is 354 g/mol. The van der Waals surface area contributed by atoms with Gasteiger partial charge >= 0.3 is 5.69 Å². The molecule has 1 aromatic carbocycles. The van der Waals surface area contributed by atoms with E-state index in [9.17, 15) is 23.5 Å². The third kappa shape index (κ3) is 2.28. The van der Waals surface area contributed by atoms with Crippen molar-refractivity contribution in [2.75, 3.05) is 0 Å². The van der Waals surface area contributed by atoms with E-state index < -0.39 is 28.8 Å². The molecule has 1 aromatic heterocycles. The van der Waals surface area contributed by atoms with Gasteiger partial charge in [0.1, 0.15) is 5.82 Å². The molecule has 0 aliphatic rings. The van der Waals surface area contributed by atoms with Crippen LogP contribution in [0.5, 0.6) is 5.88 Å². The molecule has 100 valence electrons. The van der Waals surface area contributed by atoms with E-state index in [0.717, 1.165) is 12.1 Å². The van der Waals surface area contributed by atoms with Gasteiger partial charge in [0.15, 0.2) is 0 Å². The lowest BCUT2D eigenvalue weighted by molar-refractivity contribution is 0.386. The summed E-state index contributed by atoms with van der Waals surface area (Å²) in [7, 11) is 0. The van der Waals surface area contributed by atoms with Crippen molar-refractivity contribution in [3.63, 3.8) is 0 Å². The topological polar surface area (TPSA) is 75.1 Å².